The normalized spacial score (nSPS) is 18.1. The Hall–Kier alpha value is -1.72. The summed E-state index contributed by atoms with van der Waals surface area (Å²) >= 11 is 0. The van der Waals surface area contributed by atoms with Gasteiger partial charge in [-0.3, -0.25) is 4.90 Å². The molecule has 0 bridgehead atoms. The fraction of sp³-hybridized carbons (Fsp3) is 0.364. The maximum Gasteiger partial charge on any atom is 0.413 e. The number of ether oxygens (including phenoxy) is 1. The Bertz CT molecular complexity index is 405. The van der Waals surface area contributed by atoms with Crippen molar-refractivity contribution in [2.75, 3.05) is 13.2 Å². The highest BCUT2D eigenvalue weighted by molar-refractivity contribution is 5.70. The van der Waals surface area contributed by atoms with Crippen LogP contribution in [0.2, 0.25) is 0 Å². The predicted octanol–water partition coefficient (Wildman–Crippen LogP) is 2.74. The number of hydrogen-bond donors (Lipinski definition) is 0. The predicted molar refractivity (Wildman–Crippen MR) is 53.3 cm³/mol. The number of amides is 1. The fourth-order valence-electron chi connectivity index (χ4n) is 1.82. The van der Waals surface area contributed by atoms with Gasteiger partial charge in [0.05, 0.1) is 6.54 Å². The molecule has 0 saturated carbocycles. The molecule has 1 heterocycles. The molecule has 0 aliphatic carbocycles. The van der Waals surface area contributed by atoms with Crippen LogP contribution >= 0.6 is 0 Å². The third-order valence-electron chi connectivity index (χ3n) is 2.53. The van der Waals surface area contributed by atoms with Crippen LogP contribution in [0.25, 0.3) is 0 Å². The largest absolute Gasteiger partial charge is 0.448 e. The average molecular weight is 245 g/mol. The van der Waals surface area contributed by atoms with Crippen LogP contribution in [0, 0.1) is 0 Å². The second-order valence-electron chi connectivity index (χ2n) is 3.66. The van der Waals surface area contributed by atoms with E-state index in [9.17, 15) is 18.0 Å². The molecule has 0 radical (unpaired) electrons. The van der Waals surface area contributed by atoms with Gasteiger partial charge in [-0.05, 0) is 5.56 Å². The van der Waals surface area contributed by atoms with E-state index >= 15 is 0 Å². The van der Waals surface area contributed by atoms with E-state index in [1.807, 2.05) is 0 Å². The third-order valence-corrected chi connectivity index (χ3v) is 2.53. The molecule has 17 heavy (non-hydrogen) atoms. The quantitative estimate of drug-likeness (QED) is 0.801. The van der Waals surface area contributed by atoms with Crippen molar-refractivity contribution in [3.63, 3.8) is 0 Å². The zero-order valence-corrected chi connectivity index (χ0v) is 8.78. The first-order valence-corrected chi connectivity index (χ1v) is 5.05. The molecule has 1 aliphatic rings. The highest BCUT2D eigenvalue weighted by Gasteiger charge is 2.48. The molecule has 1 aliphatic heterocycles. The second kappa shape index (κ2) is 4.27. The Balaban J connectivity index is 2.36. The molecule has 92 valence electrons. The lowest BCUT2D eigenvalue weighted by Crippen LogP contribution is -2.39. The van der Waals surface area contributed by atoms with Crippen LogP contribution in [0.15, 0.2) is 30.3 Å². The van der Waals surface area contributed by atoms with E-state index < -0.39 is 18.3 Å². The number of carbonyl (C=O) groups is 1. The van der Waals surface area contributed by atoms with Crippen molar-refractivity contribution in [2.24, 2.45) is 0 Å². The van der Waals surface area contributed by atoms with E-state index in [1.165, 1.54) is 24.3 Å². The molecule has 0 N–H and O–H groups in total. The number of carbonyl (C=O) groups excluding carboxylic acids is 1. The average Bonchev–Trinajstić information content (AvgIpc) is 2.65. The first-order valence-electron chi connectivity index (χ1n) is 5.05. The SMILES string of the molecule is O=C1OCCN1C(c1ccccc1)C(F)(F)F. The van der Waals surface area contributed by atoms with Crippen molar-refractivity contribution in [3.05, 3.63) is 35.9 Å². The summed E-state index contributed by atoms with van der Waals surface area (Å²) in [5.41, 5.74) is 0.0406. The lowest BCUT2D eigenvalue weighted by atomic mass is 10.1. The smallest absolute Gasteiger partial charge is 0.413 e. The number of alkyl halides is 3. The fourth-order valence-corrected chi connectivity index (χ4v) is 1.82. The minimum atomic E-state index is -4.51. The van der Waals surface area contributed by atoms with Gasteiger partial charge in [0.2, 0.25) is 0 Å². The van der Waals surface area contributed by atoms with Gasteiger partial charge in [-0.1, -0.05) is 30.3 Å². The van der Waals surface area contributed by atoms with Crippen LogP contribution in [-0.4, -0.2) is 30.3 Å². The Morgan fingerprint density at radius 1 is 1.24 bits per heavy atom. The van der Waals surface area contributed by atoms with Gasteiger partial charge in [0, 0.05) is 0 Å². The van der Waals surface area contributed by atoms with Gasteiger partial charge in [-0.25, -0.2) is 4.79 Å². The maximum atomic E-state index is 13.0. The zero-order valence-electron chi connectivity index (χ0n) is 8.78. The van der Waals surface area contributed by atoms with Crippen molar-refractivity contribution in [3.8, 4) is 0 Å². The maximum absolute atomic E-state index is 13.0. The van der Waals surface area contributed by atoms with Gasteiger partial charge in [-0.15, -0.1) is 0 Å². The van der Waals surface area contributed by atoms with Gasteiger partial charge >= 0.3 is 12.3 Å². The molecule has 1 unspecified atom stereocenters. The highest BCUT2D eigenvalue weighted by atomic mass is 19.4. The molecule has 1 atom stereocenters. The molecule has 2 rings (SSSR count). The van der Waals surface area contributed by atoms with Gasteiger partial charge in [0.25, 0.3) is 0 Å². The Kier molecular flexibility index (Phi) is 2.95. The van der Waals surface area contributed by atoms with Crippen LogP contribution in [0.5, 0.6) is 0 Å². The highest BCUT2D eigenvalue weighted by Crippen LogP contribution is 2.38. The molecule has 1 fully saturated rings. The first kappa shape index (κ1) is 11.8. The molecule has 0 spiro atoms. The lowest BCUT2D eigenvalue weighted by molar-refractivity contribution is -0.177. The Labute approximate surface area is 95.8 Å². The van der Waals surface area contributed by atoms with Crippen LogP contribution in [0.4, 0.5) is 18.0 Å². The van der Waals surface area contributed by atoms with Crippen molar-refractivity contribution in [2.45, 2.75) is 12.2 Å². The van der Waals surface area contributed by atoms with E-state index in [0.29, 0.717) is 4.90 Å². The van der Waals surface area contributed by atoms with Crippen molar-refractivity contribution in [1.29, 1.82) is 0 Å². The summed E-state index contributed by atoms with van der Waals surface area (Å²) in [5.74, 6) is 0. The summed E-state index contributed by atoms with van der Waals surface area (Å²) in [4.78, 5) is 11.9. The molecule has 1 aromatic carbocycles. The molecule has 3 nitrogen and oxygen atoms in total. The van der Waals surface area contributed by atoms with E-state index in [4.69, 9.17) is 0 Å². The van der Waals surface area contributed by atoms with Gasteiger partial charge in [-0.2, -0.15) is 13.2 Å². The minimum Gasteiger partial charge on any atom is -0.448 e. The number of nitrogens with zero attached hydrogens (tertiary/aromatic N) is 1. The minimum absolute atomic E-state index is 0.00174. The molecule has 0 aromatic heterocycles. The van der Waals surface area contributed by atoms with Gasteiger partial charge in [0.15, 0.2) is 6.04 Å². The van der Waals surface area contributed by atoms with Crippen molar-refractivity contribution >= 4 is 6.09 Å². The second-order valence-corrected chi connectivity index (χ2v) is 3.66. The van der Waals surface area contributed by atoms with E-state index in [2.05, 4.69) is 4.74 Å². The van der Waals surface area contributed by atoms with E-state index in [0.717, 1.165) is 0 Å². The van der Waals surface area contributed by atoms with Crippen LogP contribution < -0.4 is 0 Å². The number of halogens is 3. The molecular weight excluding hydrogens is 235 g/mol. The molecule has 6 heteroatoms. The Morgan fingerprint density at radius 3 is 2.35 bits per heavy atom. The van der Waals surface area contributed by atoms with Crippen LogP contribution in [-0.2, 0) is 4.74 Å². The summed E-state index contributed by atoms with van der Waals surface area (Å²) in [6.45, 7) is -0.0455. The number of benzene rings is 1. The van der Waals surface area contributed by atoms with Gasteiger partial charge in [0.1, 0.15) is 6.61 Å². The van der Waals surface area contributed by atoms with Crippen LogP contribution in [0.3, 0.4) is 0 Å². The standard InChI is InChI=1S/C11H10F3NO2/c12-11(13,14)9(8-4-2-1-3-5-8)15-6-7-17-10(15)16/h1-5,9H,6-7H2. The summed E-state index contributed by atoms with van der Waals surface area (Å²) in [5, 5.41) is 0. The molecular formula is C11H10F3NO2. The summed E-state index contributed by atoms with van der Waals surface area (Å²) in [6, 6.07) is 5.41. The number of hydrogen-bond acceptors (Lipinski definition) is 2. The summed E-state index contributed by atoms with van der Waals surface area (Å²) < 4.78 is 43.5. The lowest BCUT2D eigenvalue weighted by Gasteiger charge is -2.27. The molecule has 1 amide bonds. The monoisotopic (exact) mass is 245 g/mol. The zero-order chi connectivity index (χ0) is 12.5. The molecule has 1 aromatic rings. The summed E-state index contributed by atoms with van der Waals surface area (Å²) in [6.07, 6.45) is -5.43. The van der Waals surface area contributed by atoms with E-state index in [-0.39, 0.29) is 18.7 Å². The summed E-state index contributed by atoms with van der Waals surface area (Å²) in [7, 11) is 0. The van der Waals surface area contributed by atoms with Crippen molar-refractivity contribution in [1.82, 2.24) is 4.90 Å². The topological polar surface area (TPSA) is 29.5 Å². The van der Waals surface area contributed by atoms with Gasteiger partial charge < -0.3 is 4.74 Å². The van der Waals surface area contributed by atoms with Crippen molar-refractivity contribution < 1.29 is 22.7 Å². The third kappa shape index (κ3) is 2.35. The molecule has 1 saturated heterocycles. The Morgan fingerprint density at radius 2 is 1.88 bits per heavy atom. The van der Waals surface area contributed by atoms with E-state index in [1.54, 1.807) is 6.07 Å². The van der Waals surface area contributed by atoms with Crippen LogP contribution in [0.1, 0.15) is 11.6 Å². The first-order chi connectivity index (χ1) is 8.00. The number of cyclic esters (lactones) is 1. The number of rotatable bonds is 2.